The summed E-state index contributed by atoms with van der Waals surface area (Å²) < 4.78 is 32.0. The summed E-state index contributed by atoms with van der Waals surface area (Å²) in [6, 6.07) is 8.39. The van der Waals surface area contributed by atoms with E-state index in [9.17, 15) is 14.0 Å². The number of carbonyl (C=O) groups excluding carboxylic acids is 1. The maximum Gasteiger partial charge on any atom is 0.355 e. The van der Waals surface area contributed by atoms with Crippen LogP contribution in [0.2, 0.25) is 0 Å². The number of piperazine rings is 1. The van der Waals surface area contributed by atoms with Crippen molar-refractivity contribution in [1.29, 1.82) is 0 Å². The van der Waals surface area contributed by atoms with Gasteiger partial charge in [0, 0.05) is 36.9 Å². The molecule has 3 aromatic heterocycles. The Labute approximate surface area is 237 Å². The third kappa shape index (κ3) is 4.87. The molecule has 0 unspecified atom stereocenters. The lowest BCUT2D eigenvalue weighted by Gasteiger charge is -2.44. The first-order valence-corrected chi connectivity index (χ1v) is 13.6. The number of aromatic nitrogens is 4. The molecule has 0 spiro atoms. The molecule has 0 bridgehead atoms. The summed E-state index contributed by atoms with van der Waals surface area (Å²) in [5, 5.41) is 0.294. The molecule has 4 aromatic rings. The van der Waals surface area contributed by atoms with Gasteiger partial charge in [0.2, 0.25) is 5.91 Å². The lowest BCUT2D eigenvalue weighted by Crippen LogP contribution is -2.58. The van der Waals surface area contributed by atoms with Crippen LogP contribution in [0.15, 0.2) is 60.0 Å². The maximum atomic E-state index is 15.8. The van der Waals surface area contributed by atoms with Crippen LogP contribution in [0.4, 0.5) is 14.6 Å². The second-order valence-corrected chi connectivity index (χ2v) is 10.8. The van der Waals surface area contributed by atoms with Gasteiger partial charge in [-0.05, 0) is 62.6 Å². The van der Waals surface area contributed by atoms with Crippen molar-refractivity contribution in [2.45, 2.75) is 52.6 Å². The number of fused-ring (bicyclic) bond motifs is 1. The summed E-state index contributed by atoms with van der Waals surface area (Å²) in [7, 11) is 0. The molecule has 41 heavy (non-hydrogen) atoms. The van der Waals surface area contributed by atoms with Gasteiger partial charge in [0.15, 0.2) is 5.65 Å². The van der Waals surface area contributed by atoms with Crippen LogP contribution in [0, 0.1) is 18.6 Å². The molecular weight excluding hydrogens is 526 g/mol. The number of rotatable bonds is 5. The fourth-order valence-electron chi connectivity index (χ4n) is 5.71. The van der Waals surface area contributed by atoms with E-state index in [0.29, 0.717) is 29.9 Å². The van der Waals surface area contributed by atoms with E-state index in [-0.39, 0.29) is 46.6 Å². The molecule has 1 aliphatic heterocycles. The number of amides is 1. The Balaban J connectivity index is 1.81. The molecule has 0 saturated carbocycles. The Hall–Kier alpha value is -4.47. The van der Waals surface area contributed by atoms with Gasteiger partial charge in [-0.15, -0.1) is 0 Å². The number of aryl methyl sites for hydroxylation is 1. The maximum absolute atomic E-state index is 15.8. The van der Waals surface area contributed by atoms with Gasteiger partial charge >= 0.3 is 5.69 Å². The molecule has 0 radical (unpaired) electrons. The van der Waals surface area contributed by atoms with Gasteiger partial charge in [-0.25, -0.2) is 23.1 Å². The molecule has 5 rings (SSSR count). The molecule has 0 aliphatic carbocycles. The first-order valence-electron chi connectivity index (χ1n) is 13.6. The predicted molar refractivity (Wildman–Crippen MR) is 155 cm³/mol. The zero-order chi connectivity index (χ0) is 29.6. The third-order valence-electron chi connectivity index (χ3n) is 7.50. The average molecular weight is 559 g/mol. The van der Waals surface area contributed by atoms with Crippen LogP contribution < -0.4 is 10.6 Å². The second kappa shape index (κ2) is 10.8. The van der Waals surface area contributed by atoms with Crippen LogP contribution in [-0.4, -0.2) is 55.5 Å². The highest BCUT2D eigenvalue weighted by Crippen LogP contribution is 2.34. The molecule has 1 fully saturated rings. The van der Waals surface area contributed by atoms with E-state index in [0.717, 1.165) is 5.56 Å². The molecule has 4 heterocycles. The van der Waals surface area contributed by atoms with Crippen molar-refractivity contribution in [3.8, 4) is 16.9 Å². The van der Waals surface area contributed by atoms with E-state index in [4.69, 9.17) is 0 Å². The number of halogens is 2. The highest BCUT2D eigenvalue weighted by molar-refractivity contribution is 5.91. The number of nitrogens with zero attached hydrogens (tertiary/aromatic N) is 6. The Morgan fingerprint density at radius 2 is 1.76 bits per heavy atom. The zero-order valence-electron chi connectivity index (χ0n) is 23.7. The van der Waals surface area contributed by atoms with Crippen LogP contribution in [0.3, 0.4) is 0 Å². The highest BCUT2D eigenvalue weighted by Gasteiger charge is 2.34. The minimum absolute atomic E-state index is 0.0185. The summed E-state index contributed by atoms with van der Waals surface area (Å²) in [6.45, 7) is 13.9. The van der Waals surface area contributed by atoms with E-state index in [2.05, 4.69) is 21.5 Å². The topological polar surface area (TPSA) is 84.2 Å². The van der Waals surface area contributed by atoms with Crippen molar-refractivity contribution in [2.24, 2.45) is 0 Å². The summed E-state index contributed by atoms with van der Waals surface area (Å²) in [4.78, 5) is 43.6. The molecule has 0 N–H and O–H groups in total. The molecule has 1 aliphatic rings. The van der Waals surface area contributed by atoms with Crippen LogP contribution in [0.1, 0.15) is 44.9 Å². The molecule has 1 amide bonds. The van der Waals surface area contributed by atoms with E-state index in [1.165, 1.54) is 34.9 Å². The van der Waals surface area contributed by atoms with Gasteiger partial charge in [-0.3, -0.25) is 9.78 Å². The SMILES string of the molecule is C=CC(=O)N1[C@H](C)CN(c2nc(=O)n(-c3c(C)ccnc3C(C)C)c3nc(-c4ccccc4F)c(F)cc23)C[C@@H]1C. The monoisotopic (exact) mass is 558 g/mol. The first kappa shape index (κ1) is 28.1. The van der Waals surface area contributed by atoms with Gasteiger partial charge in [0.05, 0.1) is 16.8 Å². The van der Waals surface area contributed by atoms with Crippen molar-refractivity contribution in [1.82, 2.24) is 24.4 Å². The molecule has 2 atom stereocenters. The Morgan fingerprint density at radius 3 is 2.39 bits per heavy atom. The zero-order valence-corrected chi connectivity index (χ0v) is 23.7. The van der Waals surface area contributed by atoms with Crippen molar-refractivity contribution >= 4 is 22.8 Å². The van der Waals surface area contributed by atoms with Gasteiger partial charge in [-0.1, -0.05) is 32.6 Å². The van der Waals surface area contributed by atoms with Gasteiger partial charge in [-0.2, -0.15) is 4.98 Å². The normalized spacial score (nSPS) is 17.4. The van der Waals surface area contributed by atoms with Crippen LogP contribution in [0.25, 0.3) is 28.0 Å². The van der Waals surface area contributed by atoms with E-state index in [1.54, 1.807) is 23.2 Å². The second-order valence-electron chi connectivity index (χ2n) is 10.8. The minimum Gasteiger partial charge on any atom is -0.352 e. The standard InChI is InChI=1S/C31H32F2N6O2/c1-7-25(40)38-19(5)15-37(16-20(38)6)29-22-14-24(33)27(21-10-8-9-11-23(21)32)35-30(22)39(31(41)36-29)28-18(4)12-13-34-26(28)17(2)3/h7-14,17,19-20H,1,15-16H2,2-6H3/t19-,20+. The first-order chi connectivity index (χ1) is 19.5. The Kier molecular flexibility index (Phi) is 7.42. The number of carbonyl (C=O) groups is 1. The number of hydrogen-bond donors (Lipinski definition) is 0. The van der Waals surface area contributed by atoms with Crippen LogP contribution >= 0.6 is 0 Å². The molecule has 1 saturated heterocycles. The summed E-state index contributed by atoms with van der Waals surface area (Å²) >= 11 is 0. The molecule has 10 heteroatoms. The van der Waals surface area contributed by atoms with Crippen molar-refractivity contribution < 1.29 is 13.6 Å². The molecule has 1 aromatic carbocycles. The van der Waals surface area contributed by atoms with E-state index >= 15 is 4.39 Å². The molecular formula is C31H32F2N6O2. The summed E-state index contributed by atoms with van der Waals surface area (Å²) in [6.07, 6.45) is 2.96. The van der Waals surface area contributed by atoms with Gasteiger partial charge in [0.25, 0.3) is 0 Å². The number of anilines is 1. The minimum atomic E-state index is -0.746. The smallest absolute Gasteiger partial charge is 0.352 e. The van der Waals surface area contributed by atoms with Crippen LogP contribution in [-0.2, 0) is 4.79 Å². The highest BCUT2D eigenvalue weighted by atomic mass is 19.1. The van der Waals surface area contributed by atoms with Crippen LogP contribution in [0.5, 0.6) is 0 Å². The average Bonchev–Trinajstić information content (AvgIpc) is 2.92. The van der Waals surface area contributed by atoms with Crippen molar-refractivity contribution in [3.05, 3.63) is 88.6 Å². The number of hydrogen-bond acceptors (Lipinski definition) is 6. The van der Waals surface area contributed by atoms with E-state index < -0.39 is 17.3 Å². The Morgan fingerprint density at radius 1 is 1.07 bits per heavy atom. The van der Waals surface area contributed by atoms with Crippen molar-refractivity contribution in [3.63, 3.8) is 0 Å². The molecule has 8 nitrogen and oxygen atoms in total. The van der Waals surface area contributed by atoms with Gasteiger partial charge in [0.1, 0.15) is 23.1 Å². The fourth-order valence-corrected chi connectivity index (χ4v) is 5.71. The lowest BCUT2D eigenvalue weighted by molar-refractivity contribution is -0.130. The summed E-state index contributed by atoms with van der Waals surface area (Å²) in [5.41, 5.74) is 1.22. The third-order valence-corrected chi connectivity index (χ3v) is 7.50. The number of benzene rings is 1. The quantitative estimate of drug-likeness (QED) is 0.315. The Bertz CT molecular complexity index is 1720. The number of pyridine rings is 2. The predicted octanol–water partition coefficient (Wildman–Crippen LogP) is 5.16. The lowest BCUT2D eigenvalue weighted by atomic mass is 10.0. The molecule has 212 valence electrons. The fraction of sp³-hybridized carbons (Fsp3) is 0.323. The summed E-state index contributed by atoms with van der Waals surface area (Å²) in [5.74, 6) is -1.36. The van der Waals surface area contributed by atoms with E-state index in [1.807, 2.05) is 39.5 Å². The van der Waals surface area contributed by atoms with Crippen molar-refractivity contribution in [2.75, 3.05) is 18.0 Å². The van der Waals surface area contributed by atoms with Gasteiger partial charge < -0.3 is 9.80 Å². The largest absolute Gasteiger partial charge is 0.355 e.